The molecule has 1 atom stereocenters. The number of carbonyl (C=O) groups is 1. The number of benzene rings is 1. The summed E-state index contributed by atoms with van der Waals surface area (Å²) in [4.78, 5) is 11.8. The van der Waals surface area contributed by atoms with Crippen LogP contribution in [0, 0.1) is 11.3 Å². The molecule has 0 aliphatic rings. The number of nitrogens with zero attached hydrogens (tertiary/aromatic N) is 1. The van der Waals surface area contributed by atoms with Gasteiger partial charge in [0.2, 0.25) is 0 Å². The molecular weight excluding hydrogens is 272 g/mol. The summed E-state index contributed by atoms with van der Waals surface area (Å²) in [6.07, 6.45) is -1.71. The van der Waals surface area contributed by atoms with Gasteiger partial charge in [-0.1, -0.05) is 6.07 Å². The first-order valence-corrected chi connectivity index (χ1v) is 6.50. The summed E-state index contributed by atoms with van der Waals surface area (Å²) in [5, 5.41) is 21.2. The summed E-state index contributed by atoms with van der Waals surface area (Å²) in [5.74, 6) is 0.522. The Kier molecular flexibility index (Phi) is 5.56. The Morgan fingerprint density at radius 3 is 2.67 bits per heavy atom. The Morgan fingerprint density at radius 1 is 1.48 bits per heavy atom. The number of anilines is 1. The zero-order valence-corrected chi connectivity index (χ0v) is 12.6. The van der Waals surface area contributed by atoms with E-state index in [1.54, 1.807) is 39.0 Å². The number of carbonyl (C=O) groups excluding carboxylic acids is 1. The first-order chi connectivity index (χ1) is 9.76. The van der Waals surface area contributed by atoms with Gasteiger partial charge >= 0.3 is 6.09 Å². The minimum atomic E-state index is -0.995. The second-order valence-corrected chi connectivity index (χ2v) is 5.46. The van der Waals surface area contributed by atoms with Crippen LogP contribution in [0.1, 0.15) is 38.9 Å². The first-order valence-electron chi connectivity index (χ1n) is 6.50. The number of hydrogen-bond acceptors (Lipinski definition) is 5. The Bertz CT molecular complexity index is 544. The quantitative estimate of drug-likeness (QED) is 0.890. The number of nitriles is 1. The summed E-state index contributed by atoms with van der Waals surface area (Å²) in [7, 11) is 1.50. The van der Waals surface area contributed by atoms with Crippen molar-refractivity contribution in [1.29, 1.82) is 5.26 Å². The molecule has 1 aromatic rings. The molecule has 0 saturated carbocycles. The van der Waals surface area contributed by atoms with Crippen LogP contribution in [-0.2, 0) is 4.74 Å². The van der Waals surface area contributed by atoms with Crippen LogP contribution in [0.15, 0.2) is 18.2 Å². The predicted molar refractivity (Wildman–Crippen MR) is 78.0 cm³/mol. The van der Waals surface area contributed by atoms with Gasteiger partial charge < -0.3 is 14.6 Å². The monoisotopic (exact) mass is 292 g/mol. The molecule has 1 aromatic carbocycles. The fourth-order valence-corrected chi connectivity index (χ4v) is 1.67. The van der Waals surface area contributed by atoms with Crippen molar-refractivity contribution in [3.8, 4) is 11.8 Å². The van der Waals surface area contributed by atoms with Crippen LogP contribution >= 0.6 is 0 Å². The van der Waals surface area contributed by atoms with E-state index in [9.17, 15) is 9.90 Å². The van der Waals surface area contributed by atoms with Crippen molar-refractivity contribution in [2.24, 2.45) is 0 Å². The SMILES string of the molecule is COc1ccc(C(O)CC#N)c(NC(=O)OC(C)(C)C)c1. The van der Waals surface area contributed by atoms with Crippen LogP contribution in [0.25, 0.3) is 0 Å². The summed E-state index contributed by atoms with van der Waals surface area (Å²) < 4.78 is 10.3. The molecule has 0 heterocycles. The van der Waals surface area contributed by atoms with Crippen LogP contribution in [0.2, 0.25) is 0 Å². The highest BCUT2D eigenvalue weighted by Gasteiger charge is 2.19. The number of amides is 1. The first kappa shape index (κ1) is 16.8. The van der Waals surface area contributed by atoms with Crippen molar-refractivity contribution in [1.82, 2.24) is 0 Å². The lowest BCUT2D eigenvalue weighted by atomic mass is 10.0. The maximum absolute atomic E-state index is 11.8. The molecular formula is C15H20N2O4. The van der Waals surface area contributed by atoms with Crippen LogP contribution in [0.5, 0.6) is 5.75 Å². The average Bonchev–Trinajstić information content (AvgIpc) is 2.36. The number of hydrogen-bond donors (Lipinski definition) is 2. The maximum atomic E-state index is 11.8. The van der Waals surface area contributed by atoms with Crippen LogP contribution < -0.4 is 10.1 Å². The third-order valence-corrected chi connectivity index (χ3v) is 2.54. The van der Waals surface area contributed by atoms with Crippen molar-refractivity contribution >= 4 is 11.8 Å². The molecule has 0 bridgehead atoms. The molecule has 1 unspecified atom stereocenters. The summed E-state index contributed by atoms with van der Waals surface area (Å²) in [5.41, 5.74) is 0.156. The Balaban J connectivity index is 3.02. The van der Waals surface area contributed by atoms with Crippen molar-refractivity contribution in [3.63, 3.8) is 0 Å². The fourth-order valence-electron chi connectivity index (χ4n) is 1.67. The Labute approximate surface area is 124 Å². The van der Waals surface area contributed by atoms with Crippen molar-refractivity contribution < 1.29 is 19.4 Å². The standard InChI is InChI=1S/C15H20N2O4/c1-15(2,3)21-14(19)17-12-9-10(20-4)5-6-11(12)13(18)7-8-16/h5-6,9,13,18H,7H2,1-4H3,(H,17,19). The maximum Gasteiger partial charge on any atom is 0.412 e. The van der Waals surface area contributed by atoms with E-state index in [-0.39, 0.29) is 6.42 Å². The van der Waals surface area contributed by atoms with E-state index < -0.39 is 17.8 Å². The lowest BCUT2D eigenvalue weighted by molar-refractivity contribution is 0.0635. The highest BCUT2D eigenvalue weighted by Crippen LogP contribution is 2.29. The zero-order chi connectivity index (χ0) is 16.0. The molecule has 0 aliphatic carbocycles. The molecule has 0 spiro atoms. The summed E-state index contributed by atoms with van der Waals surface area (Å²) >= 11 is 0. The smallest absolute Gasteiger partial charge is 0.412 e. The Morgan fingerprint density at radius 2 is 2.14 bits per heavy atom. The van der Waals surface area contributed by atoms with Gasteiger partial charge in [0.05, 0.1) is 31.4 Å². The number of methoxy groups -OCH3 is 1. The summed E-state index contributed by atoms with van der Waals surface area (Å²) in [6.45, 7) is 5.26. The van der Waals surface area contributed by atoms with E-state index in [1.807, 2.05) is 6.07 Å². The van der Waals surface area contributed by atoms with Gasteiger partial charge in [0.25, 0.3) is 0 Å². The third-order valence-electron chi connectivity index (χ3n) is 2.54. The van der Waals surface area contributed by atoms with Gasteiger partial charge in [-0.15, -0.1) is 0 Å². The molecule has 1 rings (SSSR count). The zero-order valence-electron chi connectivity index (χ0n) is 12.6. The molecule has 2 N–H and O–H groups in total. The van der Waals surface area contributed by atoms with Gasteiger partial charge in [-0.05, 0) is 26.8 Å². The number of aliphatic hydroxyl groups is 1. The largest absolute Gasteiger partial charge is 0.497 e. The molecule has 21 heavy (non-hydrogen) atoms. The molecule has 6 heteroatoms. The summed E-state index contributed by atoms with van der Waals surface area (Å²) in [6, 6.07) is 6.71. The van der Waals surface area contributed by atoms with Crippen molar-refractivity contribution in [2.45, 2.75) is 38.9 Å². The lowest BCUT2D eigenvalue weighted by Crippen LogP contribution is -2.27. The topological polar surface area (TPSA) is 91.6 Å². The molecule has 6 nitrogen and oxygen atoms in total. The molecule has 0 aromatic heterocycles. The van der Waals surface area contributed by atoms with E-state index in [4.69, 9.17) is 14.7 Å². The molecule has 0 saturated heterocycles. The van der Waals surface area contributed by atoms with Gasteiger partial charge in [0.15, 0.2) is 0 Å². The predicted octanol–water partition coefficient (Wildman–Crippen LogP) is 2.99. The van der Waals surface area contributed by atoms with Crippen LogP contribution in [-0.4, -0.2) is 23.9 Å². The number of nitrogens with one attached hydrogen (secondary N) is 1. The lowest BCUT2D eigenvalue weighted by Gasteiger charge is -2.21. The minimum Gasteiger partial charge on any atom is -0.497 e. The van der Waals surface area contributed by atoms with Gasteiger partial charge in [0, 0.05) is 11.6 Å². The normalized spacial score (nSPS) is 12.2. The number of aliphatic hydroxyl groups excluding tert-OH is 1. The highest BCUT2D eigenvalue weighted by molar-refractivity contribution is 5.86. The molecule has 0 aliphatic heterocycles. The van der Waals surface area contributed by atoms with Crippen LogP contribution in [0.4, 0.5) is 10.5 Å². The highest BCUT2D eigenvalue weighted by atomic mass is 16.6. The van der Waals surface area contributed by atoms with E-state index in [2.05, 4.69) is 5.32 Å². The van der Waals surface area contributed by atoms with E-state index in [0.29, 0.717) is 17.0 Å². The number of rotatable bonds is 4. The third kappa shape index (κ3) is 5.32. The van der Waals surface area contributed by atoms with Gasteiger partial charge in [-0.25, -0.2) is 4.79 Å². The second kappa shape index (κ2) is 6.95. The molecule has 0 radical (unpaired) electrons. The van der Waals surface area contributed by atoms with Crippen molar-refractivity contribution in [3.05, 3.63) is 23.8 Å². The molecule has 1 amide bonds. The van der Waals surface area contributed by atoms with E-state index in [1.165, 1.54) is 7.11 Å². The Hall–Kier alpha value is -2.26. The van der Waals surface area contributed by atoms with Crippen molar-refractivity contribution in [2.75, 3.05) is 12.4 Å². The van der Waals surface area contributed by atoms with E-state index in [0.717, 1.165) is 0 Å². The fraction of sp³-hybridized carbons (Fsp3) is 0.467. The van der Waals surface area contributed by atoms with Crippen LogP contribution in [0.3, 0.4) is 0 Å². The minimum absolute atomic E-state index is 0.0741. The average molecular weight is 292 g/mol. The molecule has 0 fully saturated rings. The van der Waals surface area contributed by atoms with Gasteiger partial charge in [-0.3, -0.25) is 5.32 Å². The van der Waals surface area contributed by atoms with Gasteiger partial charge in [0.1, 0.15) is 11.4 Å². The second-order valence-electron chi connectivity index (χ2n) is 5.46. The molecule has 114 valence electrons. The van der Waals surface area contributed by atoms with Gasteiger partial charge in [-0.2, -0.15) is 5.26 Å². The number of ether oxygens (including phenoxy) is 2. The van der Waals surface area contributed by atoms with E-state index >= 15 is 0 Å².